The van der Waals surface area contributed by atoms with Gasteiger partial charge < -0.3 is 10.2 Å². The molecule has 154 valence electrons. The standard InChI is InChI=1S/C21H30ClN3O3/c1-6-21(16-7-9-17(22)10-8-16)19(27)25(20(28)23-21)13-18(26)24(11-14(2)3)12-15(4)5/h7-10,14-15H,6,11-13H2,1-5H3,(H,23,28). The van der Waals surface area contributed by atoms with Gasteiger partial charge in [-0.15, -0.1) is 0 Å². The predicted molar refractivity (Wildman–Crippen MR) is 110 cm³/mol. The van der Waals surface area contributed by atoms with E-state index in [0.717, 1.165) is 4.90 Å². The Labute approximate surface area is 172 Å². The minimum Gasteiger partial charge on any atom is -0.341 e. The molecule has 1 aliphatic heterocycles. The van der Waals surface area contributed by atoms with Crippen LogP contribution in [0.2, 0.25) is 5.02 Å². The summed E-state index contributed by atoms with van der Waals surface area (Å²) in [5.74, 6) is -0.0113. The van der Waals surface area contributed by atoms with E-state index >= 15 is 0 Å². The van der Waals surface area contributed by atoms with Gasteiger partial charge in [-0.25, -0.2) is 4.79 Å². The fraction of sp³-hybridized carbons (Fsp3) is 0.571. The Morgan fingerprint density at radius 1 is 1.11 bits per heavy atom. The number of rotatable bonds is 8. The topological polar surface area (TPSA) is 69.7 Å². The zero-order chi connectivity index (χ0) is 21.1. The molecule has 6 nitrogen and oxygen atoms in total. The summed E-state index contributed by atoms with van der Waals surface area (Å²) in [5, 5.41) is 3.35. The van der Waals surface area contributed by atoms with Crippen molar-refractivity contribution in [2.75, 3.05) is 19.6 Å². The zero-order valence-corrected chi connectivity index (χ0v) is 18.0. The van der Waals surface area contributed by atoms with Crippen LogP contribution in [0.25, 0.3) is 0 Å². The molecule has 1 atom stereocenters. The van der Waals surface area contributed by atoms with E-state index in [4.69, 9.17) is 11.6 Å². The minimum absolute atomic E-state index is 0.214. The van der Waals surface area contributed by atoms with E-state index in [1.807, 2.05) is 34.6 Å². The molecule has 0 spiro atoms. The van der Waals surface area contributed by atoms with E-state index in [9.17, 15) is 14.4 Å². The lowest BCUT2D eigenvalue weighted by molar-refractivity contribution is -0.139. The van der Waals surface area contributed by atoms with Gasteiger partial charge in [0.25, 0.3) is 5.91 Å². The number of carbonyl (C=O) groups is 3. The first kappa shape index (κ1) is 22.2. The van der Waals surface area contributed by atoms with Gasteiger partial charge in [-0.2, -0.15) is 0 Å². The van der Waals surface area contributed by atoms with Crippen molar-refractivity contribution in [3.63, 3.8) is 0 Å². The van der Waals surface area contributed by atoms with E-state index in [-0.39, 0.29) is 12.5 Å². The lowest BCUT2D eigenvalue weighted by Crippen LogP contribution is -2.47. The van der Waals surface area contributed by atoms with E-state index in [2.05, 4.69) is 5.32 Å². The van der Waals surface area contributed by atoms with Crippen LogP contribution in [0, 0.1) is 11.8 Å². The summed E-state index contributed by atoms with van der Waals surface area (Å²) < 4.78 is 0. The van der Waals surface area contributed by atoms with Crippen LogP contribution < -0.4 is 5.32 Å². The molecule has 1 aromatic rings. The van der Waals surface area contributed by atoms with Gasteiger partial charge in [0.1, 0.15) is 12.1 Å². The first-order valence-corrected chi connectivity index (χ1v) is 10.2. The number of halogens is 1. The molecule has 1 N–H and O–H groups in total. The maximum Gasteiger partial charge on any atom is 0.325 e. The zero-order valence-electron chi connectivity index (χ0n) is 17.3. The molecule has 0 radical (unpaired) electrons. The average molecular weight is 408 g/mol. The molecule has 1 unspecified atom stereocenters. The van der Waals surface area contributed by atoms with Crippen LogP contribution in [0.1, 0.15) is 46.6 Å². The number of carbonyl (C=O) groups excluding carboxylic acids is 3. The second-order valence-corrected chi connectivity index (χ2v) is 8.61. The number of benzene rings is 1. The smallest absolute Gasteiger partial charge is 0.325 e. The van der Waals surface area contributed by atoms with Gasteiger partial charge in [-0.1, -0.05) is 58.4 Å². The second-order valence-electron chi connectivity index (χ2n) is 8.17. The Balaban J connectivity index is 2.24. The molecule has 1 aliphatic rings. The number of amides is 4. The highest BCUT2D eigenvalue weighted by Gasteiger charge is 2.51. The SMILES string of the molecule is CCC1(c2ccc(Cl)cc2)NC(=O)N(CC(=O)N(CC(C)C)CC(C)C)C1=O. The Morgan fingerprint density at radius 3 is 2.11 bits per heavy atom. The molecule has 0 aromatic heterocycles. The van der Waals surface area contributed by atoms with Crippen molar-refractivity contribution >= 4 is 29.4 Å². The first-order valence-electron chi connectivity index (χ1n) is 9.78. The van der Waals surface area contributed by atoms with E-state index < -0.39 is 17.5 Å². The van der Waals surface area contributed by atoms with E-state index in [1.54, 1.807) is 29.2 Å². The maximum absolute atomic E-state index is 13.2. The molecule has 0 aliphatic carbocycles. The molecule has 1 fully saturated rings. The van der Waals surface area contributed by atoms with Crippen molar-refractivity contribution in [3.05, 3.63) is 34.9 Å². The van der Waals surface area contributed by atoms with Crippen molar-refractivity contribution in [3.8, 4) is 0 Å². The highest BCUT2D eigenvalue weighted by molar-refractivity contribution is 6.30. The van der Waals surface area contributed by atoms with Crippen molar-refractivity contribution < 1.29 is 14.4 Å². The van der Waals surface area contributed by atoms with Crippen molar-refractivity contribution in [2.24, 2.45) is 11.8 Å². The highest BCUT2D eigenvalue weighted by Crippen LogP contribution is 2.33. The van der Waals surface area contributed by atoms with Crippen LogP contribution in [0.15, 0.2) is 24.3 Å². The molecule has 0 bridgehead atoms. The molecule has 0 saturated carbocycles. The predicted octanol–water partition coefficient (Wildman–Crippen LogP) is 3.64. The quantitative estimate of drug-likeness (QED) is 0.669. The number of hydrogen-bond donors (Lipinski definition) is 1. The fourth-order valence-corrected chi connectivity index (χ4v) is 3.66. The molecule has 1 saturated heterocycles. The molecular weight excluding hydrogens is 378 g/mol. The molecule has 1 aromatic carbocycles. The van der Waals surface area contributed by atoms with Crippen LogP contribution >= 0.6 is 11.6 Å². The van der Waals surface area contributed by atoms with Gasteiger partial charge in [0, 0.05) is 18.1 Å². The average Bonchev–Trinajstić information content (AvgIpc) is 2.86. The van der Waals surface area contributed by atoms with Crippen LogP contribution in [0.5, 0.6) is 0 Å². The van der Waals surface area contributed by atoms with E-state index in [1.165, 1.54) is 0 Å². The molecule has 7 heteroatoms. The first-order chi connectivity index (χ1) is 13.1. The third kappa shape index (κ3) is 4.66. The van der Waals surface area contributed by atoms with E-state index in [0.29, 0.717) is 41.9 Å². The molecular formula is C21H30ClN3O3. The summed E-state index contributed by atoms with van der Waals surface area (Å²) in [5.41, 5.74) is -0.503. The monoisotopic (exact) mass is 407 g/mol. The van der Waals surface area contributed by atoms with Gasteiger partial charge in [0.05, 0.1) is 0 Å². The molecule has 1 heterocycles. The molecule has 28 heavy (non-hydrogen) atoms. The summed E-state index contributed by atoms with van der Waals surface area (Å²) >= 11 is 5.95. The van der Waals surface area contributed by atoms with Gasteiger partial charge in [0.15, 0.2) is 0 Å². The second kappa shape index (κ2) is 8.95. The largest absolute Gasteiger partial charge is 0.341 e. The Morgan fingerprint density at radius 2 is 1.64 bits per heavy atom. The summed E-state index contributed by atoms with van der Waals surface area (Å²) in [4.78, 5) is 41.4. The Bertz CT molecular complexity index is 723. The van der Waals surface area contributed by atoms with Crippen LogP contribution in [-0.2, 0) is 15.1 Å². The highest BCUT2D eigenvalue weighted by atomic mass is 35.5. The molecule has 2 rings (SSSR count). The van der Waals surface area contributed by atoms with Gasteiger partial charge >= 0.3 is 6.03 Å². The number of hydrogen-bond acceptors (Lipinski definition) is 3. The third-order valence-corrected chi connectivity index (χ3v) is 5.11. The number of urea groups is 1. The van der Waals surface area contributed by atoms with Crippen molar-refractivity contribution in [2.45, 2.75) is 46.6 Å². The van der Waals surface area contributed by atoms with Crippen molar-refractivity contribution in [1.82, 2.24) is 15.1 Å². The normalized spacial score (nSPS) is 19.5. The lowest BCUT2D eigenvalue weighted by Gasteiger charge is -2.28. The van der Waals surface area contributed by atoms with Crippen LogP contribution in [0.4, 0.5) is 4.79 Å². The number of nitrogens with zero attached hydrogens (tertiary/aromatic N) is 2. The van der Waals surface area contributed by atoms with Crippen LogP contribution in [0.3, 0.4) is 0 Å². The molecule has 4 amide bonds. The number of imide groups is 1. The summed E-state index contributed by atoms with van der Waals surface area (Å²) in [7, 11) is 0. The summed E-state index contributed by atoms with van der Waals surface area (Å²) in [6, 6.07) is 6.31. The van der Waals surface area contributed by atoms with Crippen molar-refractivity contribution in [1.29, 1.82) is 0 Å². The third-order valence-electron chi connectivity index (χ3n) is 4.86. The Kier molecular flexibility index (Phi) is 7.10. The fourth-order valence-electron chi connectivity index (χ4n) is 3.54. The van der Waals surface area contributed by atoms with Gasteiger partial charge in [-0.05, 0) is 36.0 Å². The maximum atomic E-state index is 13.2. The lowest BCUT2D eigenvalue weighted by atomic mass is 9.87. The van der Waals surface area contributed by atoms with Gasteiger partial charge in [0.2, 0.25) is 5.91 Å². The minimum atomic E-state index is -1.16. The van der Waals surface area contributed by atoms with Crippen LogP contribution in [-0.4, -0.2) is 47.3 Å². The summed E-state index contributed by atoms with van der Waals surface area (Å²) in [6.07, 6.45) is 0.381. The van der Waals surface area contributed by atoms with Gasteiger partial charge in [-0.3, -0.25) is 14.5 Å². The summed E-state index contributed by atoms with van der Waals surface area (Å²) in [6.45, 7) is 10.9. The number of nitrogens with one attached hydrogen (secondary N) is 1. The Hall–Kier alpha value is -2.08.